The van der Waals surface area contributed by atoms with E-state index < -0.39 is 9.84 Å². The number of nitrogens with one attached hydrogen (secondary N) is 1. The Labute approximate surface area is 105 Å². The third-order valence-electron chi connectivity index (χ3n) is 5.66. The molecule has 0 radical (unpaired) electrons. The van der Waals surface area contributed by atoms with Gasteiger partial charge >= 0.3 is 0 Å². The highest BCUT2D eigenvalue weighted by atomic mass is 32.2. The summed E-state index contributed by atoms with van der Waals surface area (Å²) in [6.07, 6.45) is 5.14. The zero-order valence-corrected chi connectivity index (χ0v) is 12.2. The minimum absolute atomic E-state index is 0.255. The Morgan fingerprint density at radius 1 is 1.29 bits per heavy atom. The maximum Gasteiger partial charge on any atom is 0.148 e. The molecule has 0 saturated heterocycles. The van der Waals surface area contributed by atoms with Crippen molar-refractivity contribution in [3.05, 3.63) is 0 Å². The molecular weight excluding hydrogens is 234 g/mol. The van der Waals surface area contributed by atoms with Gasteiger partial charge in [0.2, 0.25) is 0 Å². The summed E-state index contributed by atoms with van der Waals surface area (Å²) in [5, 5.41) is 3.49. The molecule has 0 aromatic heterocycles. The Morgan fingerprint density at radius 2 is 1.94 bits per heavy atom. The van der Waals surface area contributed by atoms with E-state index in [1.807, 2.05) is 0 Å². The van der Waals surface area contributed by atoms with E-state index in [-0.39, 0.29) is 5.75 Å². The second-order valence-electron chi connectivity index (χ2n) is 6.75. The highest BCUT2D eigenvalue weighted by Gasteiger charge is 2.60. The van der Waals surface area contributed by atoms with Crippen LogP contribution in [0.2, 0.25) is 0 Å². The van der Waals surface area contributed by atoms with E-state index in [9.17, 15) is 8.42 Å². The lowest BCUT2D eigenvalue weighted by Gasteiger charge is -2.39. The van der Waals surface area contributed by atoms with Gasteiger partial charge in [-0.1, -0.05) is 20.8 Å². The first kappa shape index (κ1) is 13.3. The predicted octanol–water partition coefficient (Wildman–Crippen LogP) is 1.84. The molecule has 3 unspecified atom stereocenters. The van der Waals surface area contributed by atoms with Gasteiger partial charge in [-0.05, 0) is 36.0 Å². The van der Waals surface area contributed by atoms with Crippen LogP contribution in [-0.2, 0) is 9.84 Å². The van der Waals surface area contributed by atoms with Crippen LogP contribution in [-0.4, -0.2) is 33.0 Å². The van der Waals surface area contributed by atoms with Crippen LogP contribution in [0.4, 0.5) is 0 Å². The molecule has 1 N–H and O–H groups in total. The van der Waals surface area contributed by atoms with Crippen LogP contribution in [0.25, 0.3) is 0 Å². The van der Waals surface area contributed by atoms with Crippen LogP contribution in [0.15, 0.2) is 0 Å². The van der Waals surface area contributed by atoms with E-state index in [1.165, 1.54) is 25.5 Å². The predicted molar refractivity (Wildman–Crippen MR) is 70.7 cm³/mol. The molecule has 3 atom stereocenters. The van der Waals surface area contributed by atoms with Gasteiger partial charge in [0, 0.05) is 18.8 Å². The molecule has 4 heteroatoms. The first-order valence-corrected chi connectivity index (χ1v) is 8.64. The number of sulfone groups is 1. The van der Waals surface area contributed by atoms with Crippen molar-refractivity contribution in [1.29, 1.82) is 0 Å². The summed E-state index contributed by atoms with van der Waals surface area (Å²) < 4.78 is 22.3. The van der Waals surface area contributed by atoms with Gasteiger partial charge in [0.05, 0.1) is 5.75 Å². The quantitative estimate of drug-likeness (QED) is 0.838. The molecular formula is C13H25NO2S. The molecule has 2 rings (SSSR count). The van der Waals surface area contributed by atoms with Gasteiger partial charge in [-0.2, -0.15) is 0 Å². The Balaban J connectivity index is 1.97. The van der Waals surface area contributed by atoms with Crippen LogP contribution in [0.3, 0.4) is 0 Å². The summed E-state index contributed by atoms with van der Waals surface area (Å²) in [7, 11) is -2.84. The summed E-state index contributed by atoms with van der Waals surface area (Å²) >= 11 is 0. The zero-order valence-electron chi connectivity index (χ0n) is 11.4. The third-order valence-corrected chi connectivity index (χ3v) is 6.60. The molecule has 0 aliphatic heterocycles. The summed E-state index contributed by atoms with van der Waals surface area (Å²) in [6, 6.07) is 0.498. The molecule has 2 aliphatic carbocycles. The molecule has 0 aromatic rings. The van der Waals surface area contributed by atoms with Gasteiger partial charge in [0.1, 0.15) is 9.84 Å². The van der Waals surface area contributed by atoms with Crippen LogP contribution in [0.1, 0.15) is 40.0 Å². The van der Waals surface area contributed by atoms with E-state index >= 15 is 0 Å². The van der Waals surface area contributed by atoms with Gasteiger partial charge < -0.3 is 5.32 Å². The maximum absolute atomic E-state index is 11.1. The lowest BCUT2D eigenvalue weighted by molar-refractivity contribution is 0.122. The van der Waals surface area contributed by atoms with E-state index in [2.05, 4.69) is 26.1 Å². The van der Waals surface area contributed by atoms with Crippen molar-refractivity contribution >= 4 is 9.84 Å². The van der Waals surface area contributed by atoms with Crippen molar-refractivity contribution in [3.63, 3.8) is 0 Å². The smallest absolute Gasteiger partial charge is 0.148 e. The molecule has 0 heterocycles. The Hall–Kier alpha value is -0.0900. The van der Waals surface area contributed by atoms with E-state index in [0.717, 1.165) is 5.92 Å². The molecule has 17 heavy (non-hydrogen) atoms. The topological polar surface area (TPSA) is 46.2 Å². The summed E-state index contributed by atoms with van der Waals surface area (Å²) in [5.74, 6) is 1.06. The minimum Gasteiger partial charge on any atom is -0.312 e. The number of fused-ring (bicyclic) bond motifs is 2. The molecule has 100 valence electrons. The number of hydrogen-bond acceptors (Lipinski definition) is 3. The van der Waals surface area contributed by atoms with Gasteiger partial charge in [-0.3, -0.25) is 0 Å². The van der Waals surface area contributed by atoms with Crippen molar-refractivity contribution in [2.75, 3.05) is 18.6 Å². The van der Waals surface area contributed by atoms with E-state index in [1.54, 1.807) is 0 Å². The normalized spacial score (nSPS) is 39.8. The standard InChI is InChI=1S/C13H25NO2S/c1-12(2)10-5-6-13(12,3)11(9-10)14-7-8-17(4,15)16/h10-11,14H,5-9H2,1-4H3. The molecule has 0 spiro atoms. The fraction of sp³-hybridized carbons (Fsp3) is 1.00. The summed E-state index contributed by atoms with van der Waals surface area (Å²) in [6.45, 7) is 7.73. The van der Waals surface area contributed by atoms with Gasteiger partial charge in [0.15, 0.2) is 0 Å². The SMILES string of the molecule is CC1(C)C2CCC1(C)C(NCCS(C)(=O)=O)C2. The van der Waals surface area contributed by atoms with Crippen molar-refractivity contribution in [2.45, 2.75) is 46.1 Å². The Bertz CT molecular complexity index is 402. The van der Waals surface area contributed by atoms with Gasteiger partial charge in [0.25, 0.3) is 0 Å². The first-order valence-electron chi connectivity index (χ1n) is 6.58. The zero-order chi connectivity index (χ0) is 12.9. The van der Waals surface area contributed by atoms with Crippen molar-refractivity contribution in [3.8, 4) is 0 Å². The molecule has 2 fully saturated rings. The Morgan fingerprint density at radius 3 is 2.35 bits per heavy atom. The third kappa shape index (κ3) is 2.14. The fourth-order valence-electron chi connectivity index (χ4n) is 3.93. The molecule has 0 amide bonds. The lowest BCUT2D eigenvalue weighted by atomic mass is 9.69. The van der Waals surface area contributed by atoms with Crippen molar-refractivity contribution < 1.29 is 8.42 Å². The highest BCUT2D eigenvalue weighted by Crippen LogP contribution is 2.65. The molecule has 2 aliphatic rings. The molecule has 2 bridgehead atoms. The molecule has 2 saturated carbocycles. The lowest BCUT2D eigenvalue weighted by Crippen LogP contribution is -2.45. The van der Waals surface area contributed by atoms with Gasteiger partial charge in [-0.15, -0.1) is 0 Å². The van der Waals surface area contributed by atoms with Crippen molar-refractivity contribution in [2.24, 2.45) is 16.7 Å². The van der Waals surface area contributed by atoms with Crippen LogP contribution in [0.5, 0.6) is 0 Å². The number of rotatable bonds is 4. The fourth-order valence-corrected chi connectivity index (χ4v) is 4.42. The average Bonchev–Trinajstić information content (AvgIpc) is 2.48. The van der Waals surface area contributed by atoms with Gasteiger partial charge in [-0.25, -0.2) is 8.42 Å². The highest BCUT2D eigenvalue weighted by molar-refractivity contribution is 7.90. The van der Waals surface area contributed by atoms with Crippen LogP contribution >= 0.6 is 0 Å². The van der Waals surface area contributed by atoms with Crippen LogP contribution < -0.4 is 5.32 Å². The average molecular weight is 259 g/mol. The minimum atomic E-state index is -2.84. The van der Waals surface area contributed by atoms with Crippen LogP contribution in [0, 0.1) is 16.7 Å². The number of hydrogen-bond donors (Lipinski definition) is 1. The maximum atomic E-state index is 11.1. The monoisotopic (exact) mass is 259 g/mol. The second-order valence-corrected chi connectivity index (χ2v) is 9.01. The summed E-state index contributed by atoms with van der Waals surface area (Å²) in [5.41, 5.74) is 0.741. The largest absolute Gasteiger partial charge is 0.312 e. The summed E-state index contributed by atoms with van der Waals surface area (Å²) in [4.78, 5) is 0. The van der Waals surface area contributed by atoms with E-state index in [0.29, 0.717) is 23.4 Å². The van der Waals surface area contributed by atoms with E-state index in [4.69, 9.17) is 0 Å². The first-order chi connectivity index (χ1) is 7.67. The molecule has 0 aromatic carbocycles. The second kappa shape index (κ2) is 3.95. The Kier molecular flexibility index (Phi) is 3.10. The van der Waals surface area contributed by atoms with Crippen molar-refractivity contribution in [1.82, 2.24) is 5.32 Å². The molecule has 3 nitrogen and oxygen atoms in total.